The lowest BCUT2D eigenvalue weighted by Crippen LogP contribution is -2.05. The van der Waals surface area contributed by atoms with Crippen LogP contribution < -0.4 is 14.8 Å². The molecule has 1 heterocycles. The number of aromatic nitrogens is 2. The largest absolute Gasteiger partial charge is 0.493 e. The van der Waals surface area contributed by atoms with E-state index in [1.807, 2.05) is 18.2 Å². The fraction of sp³-hybridized carbons (Fsp3) is 0.333. The zero-order chi connectivity index (χ0) is 19.4. The van der Waals surface area contributed by atoms with Crippen LogP contribution in [0.4, 0.5) is 5.69 Å². The molecular weight excluding hydrogens is 342 g/mol. The topological polar surface area (TPSA) is 69.4 Å². The van der Waals surface area contributed by atoms with E-state index in [0.29, 0.717) is 35.7 Å². The van der Waals surface area contributed by atoms with E-state index in [4.69, 9.17) is 13.9 Å². The van der Waals surface area contributed by atoms with Gasteiger partial charge in [-0.3, -0.25) is 0 Å². The minimum Gasteiger partial charge on any atom is -0.493 e. The Labute approximate surface area is 159 Å². The van der Waals surface area contributed by atoms with Crippen molar-refractivity contribution in [3.8, 4) is 23.0 Å². The van der Waals surface area contributed by atoms with Crippen LogP contribution in [0.2, 0.25) is 0 Å². The van der Waals surface area contributed by atoms with Gasteiger partial charge < -0.3 is 19.2 Å². The first-order valence-electron chi connectivity index (χ1n) is 8.91. The van der Waals surface area contributed by atoms with E-state index in [2.05, 4.69) is 54.5 Å². The van der Waals surface area contributed by atoms with Crippen LogP contribution in [0.5, 0.6) is 11.5 Å². The van der Waals surface area contributed by atoms with Crippen LogP contribution in [-0.2, 0) is 6.54 Å². The van der Waals surface area contributed by atoms with Crippen LogP contribution in [0, 0.1) is 6.92 Å². The maximum Gasteiger partial charge on any atom is 0.247 e. The average molecular weight is 367 g/mol. The number of aryl methyl sites for hydroxylation is 1. The quantitative estimate of drug-likeness (QED) is 0.647. The second-order valence-electron chi connectivity index (χ2n) is 6.62. The molecule has 0 spiro atoms. The van der Waals surface area contributed by atoms with E-state index in [0.717, 1.165) is 11.3 Å². The Hall–Kier alpha value is -3.02. The zero-order valence-electron chi connectivity index (χ0n) is 16.4. The number of benzene rings is 2. The Morgan fingerprint density at radius 1 is 1.04 bits per heavy atom. The molecule has 6 heteroatoms. The molecule has 1 N–H and O–H groups in total. The first kappa shape index (κ1) is 18.8. The minimum absolute atomic E-state index is 0.428. The first-order valence-corrected chi connectivity index (χ1v) is 8.91. The fourth-order valence-electron chi connectivity index (χ4n) is 2.99. The summed E-state index contributed by atoms with van der Waals surface area (Å²) in [7, 11) is 3.20. The van der Waals surface area contributed by atoms with Gasteiger partial charge in [-0.2, -0.15) is 0 Å². The van der Waals surface area contributed by atoms with Crippen molar-refractivity contribution in [2.45, 2.75) is 33.2 Å². The van der Waals surface area contributed by atoms with Crippen LogP contribution in [0.25, 0.3) is 11.5 Å². The van der Waals surface area contributed by atoms with Crippen LogP contribution in [-0.4, -0.2) is 24.4 Å². The number of ether oxygens (including phenoxy) is 2. The molecule has 1 aromatic heterocycles. The summed E-state index contributed by atoms with van der Waals surface area (Å²) >= 11 is 0. The summed E-state index contributed by atoms with van der Waals surface area (Å²) in [6, 6.07) is 11.8. The third kappa shape index (κ3) is 4.05. The maximum absolute atomic E-state index is 5.82. The predicted octanol–water partition coefficient (Wildman–Crippen LogP) is 4.80. The van der Waals surface area contributed by atoms with Gasteiger partial charge in [0.25, 0.3) is 0 Å². The second kappa shape index (κ2) is 8.12. The normalized spacial score (nSPS) is 10.9. The van der Waals surface area contributed by atoms with Crippen LogP contribution in [0.1, 0.15) is 36.8 Å². The monoisotopic (exact) mass is 367 g/mol. The summed E-state index contributed by atoms with van der Waals surface area (Å²) in [5.41, 5.74) is 4.37. The third-order valence-electron chi connectivity index (χ3n) is 4.44. The molecule has 0 amide bonds. The lowest BCUT2D eigenvalue weighted by atomic mass is 9.98. The highest BCUT2D eigenvalue weighted by molar-refractivity contribution is 5.60. The molecule has 142 valence electrons. The number of nitrogens with one attached hydrogen (secondary N) is 1. The molecule has 27 heavy (non-hydrogen) atoms. The van der Waals surface area contributed by atoms with E-state index in [1.165, 1.54) is 11.1 Å². The van der Waals surface area contributed by atoms with Crippen molar-refractivity contribution in [1.82, 2.24) is 10.2 Å². The van der Waals surface area contributed by atoms with Gasteiger partial charge in [0, 0.05) is 11.3 Å². The SMILES string of the molecule is COc1ccc(-c2nnc(CNc3c(C)cccc3C(C)C)o2)cc1OC. The molecule has 0 aliphatic heterocycles. The molecule has 0 unspecified atom stereocenters. The van der Waals surface area contributed by atoms with E-state index >= 15 is 0 Å². The van der Waals surface area contributed by atoms with Crippen molar-refractivity contribution >= 4 is 5.69 Å². The van der Waals surface area contributed by atoms with E-state index in [1.54, 1.807) is 14.2 Å². The summed E-state index contributed by atoms with van der Waals surface area (Å²) in [5, 5.41) is 11.8. The Bertz CT molecular complexity index is 919. The van der Waals surface area contributed by atoms with Gasteiger partial charge in [0.2, 0.25) is 11.8 Å². The van der Waals surface area contributed by atoms with E-state index in [9.17, 15) is 0 Å². The molecule has 6 nitrogen and oxygen atoms in total. The zero-order valence-corrected chi connectivity index (χ0v) is 16.4. The van der Waals surface area contributed by atoms with Crippen molar-refractivity contribution in [2.24, 2.45) is 0 Å². The molecule has 0 bridgehead atoms. The molecule has 0 radical (unpaired) electrons. The highest BCUT2D eigenvalue weighted by Crippen LogP contribution is 2.32. The number of anilines is 1. The van der Waals surface area contributed by atoms with Crippen molar-refractivity contribution in [3.63, 3.8) is 0 Å². The van der Waals surface area contributed by atoms with Gasteiger partial charge in [-0.05, 0) is 42.2 Å². The molecule has 2 aromatic carbocycles. The van der Waals surface area contributed by atoms with Crippen molar-refractivity contribution in [3.05, 3.63) is 53.4 Å². The number of para-hydroxylation sites is 1. The highest BCUT2D eigenvalue weighted by Gasteiger charge is 2.14. The molecule has 0 aliphatic rings. The first-order chi connectivity index (χ1) is 13.0. The van der Waals surface area contributed by atoms with Crippen molar-refractivity contribution < 1.29 is 13.9 Å². The molecular formula is C21H25N3O3. The van der Waals surface area contributed by atoms with Crippen LogP contribution in [0.3, 0.4) is 0 Å². The Balaban J connectivity index is 1.78. The summed E-state index contributed by atoms with van der Waals surface area (Å²) in [6.07, 6.45) is 0. The fourth-order valence-corrected chi connectivity index (χ4v) is 2.99. The van der Waals surface area contributed by atoms with Crippen LogP contribution >= 0.6 is 0 Å². The summed E-state index contributed by atoms with van der Waals surface area (Å²) < 4.78 is 16.4. The third-order valence-corrected chi connectivity index (χ3v) is 4.44. The Morgan fingerprint density at radius 2 is 1.81 bits per heavy atom. The molecule has 3 rings (SSSR count). The van der Waals surface area contributed by atoms with E-state index < -0.39 is 0 Å². The lowest BCUT2D eigenvalue weighted by molar-refractivity contribution is 0.355. The molecule has 0 fully saturated rings. The summed E-state index contributed by atoms with van der Waals surface area (Å²) in [4.78, 5) is 0. The summed E-state index contributed by atoms with van der Waals surface area (Å²) in [5.74, 6) is 2.68. The second-order valence-corrected chi connectivity index (χ2v) is 6.62. The number of hydrogen-bond acceptors (Lipinski definition) is 6. The van der Waals surface area contributed by atoms with Gasteiger partial charge in [0.15, 0.2) is 11.5 Å². The molecule has 3 aromatic rings. The number of rotatable bonds is 7. The number of nitrogens with zero attached hydrogens (tertiary/aromatic N) is 2. The number of methoxy groups -OCH3 is 2. The summed E-state index contributed by atoms with van der Waals surface area (Å²) in [6.45, 7) is 6.92. The van der Waals surface area contributed by atoms with Gasteiger partial charge in [-0.15, -0.1) is 10.2 Å². The molecule has 0 saturated carbocycles. The maximum atomic E-state index is 5.82. The van der Waals surface area contributed by atoms with Gasteiger partial charge >= 0.3 is 0 Å². The van der Waals surface area contributed by atoms with E-state index in [-0.39, 0.29) is 0 Å². The minimum atomic E-state index is 0.428. The molecule has 0 aliphatic carbocycles. The highest BCUT2D eigenvalue weighted by atomic mass is 16.5. The van der Waals surface area contributed by atoms with Gasteiger partial charge in [0.05, 0.1) is 20.8 Å². The number of hydrogen-bond donors (Lipinski definition) is 1. The average Bonchev–Trinajstić information content (AvgIpc) is 3.15. The standard InChI is InChI=1S/C21H25N3O3/c1-13(2)16-8-6-7-14(3)20(16)22-12-19-23-24-21(27-19)15-9-10-17(25-4)18(11-15)26-5/h6-11,13,22H,12H2,1-5H3. The van der Waals surface area contributed by atoms with Gasteiger partial charge in [0.1, 0.15) is 0 Å². The Kier molecular flexibility index (Phi) is 5.64. The molecule has 0 atom stereocenters. The van der Waals surface area contributed by atoms with Crippen molar-refractivity contribution in [1.29, 1.82) is 0 Å². The van der Waals surface area contributed by atoms with Crippen LogP contribution in [0.15, 0.2) is 40.8 Å². The van der Waals surface area contributed by atoms with Gasteiger partial charge in [-0.1, -0.05) is 32.0 Å². The molecule has 0 saturated heterocycles. The lowest BCUT2D eigenvalue weighted by Gasteiger charge is -2.16. The van der Waals surface area contributed by atoms with Crippen molar-refractivity contribution in [2.75, 3.05) is 19.5 Å². The smallest absolute Gasteiger partial charge is 0.247 e. The Morgan fingerprint density at radius 3 is 2.52 bits per heavy atom. The van der Waals surface area contributed by atoms with Gasteiger partial charge in [-0.25, -0.2) is 0 Å². The predicted molar refractivity (Wildman–Crippen MR) is 105 cm³/mol.